The molecule has 0 amide bonds. The minimum Gasteiger partial charge on any atom is -0.382 e. The number of piperazine rings is 1. The van der Waals surface area contributed by atoms with Crippen LogP contribution < -0.4 is 10.6 Å². The molecule has 5 nitrogen and oxygen atoms in total. The van der Waals surface area contributed by atoms with E-state index in [0.717, 1.165) is 60.5 Å². The molecule has 1 aliphatic rings. The number of hydrogen-bond donors (Lipinski definition) is 2. The predicted octanol–water partition coefficient (Wildman–Crippen LogP) is 1.71. The Kier molecular flexibility index (Phi) is 4.44. The molecule has 1 fully saturated rings. The van der Waals surface area contributed by atoms with Crippen LogP contribution in [0.4, 0.5) is 5.69 Å². The molecule has 0 atom stereocenters. The highest BCUT2D eigenvalue weighted by atomic mass is 79.9. The Hall–Kier alpha value is -1.24. The van der Waals surface area contributed by atoms with Gasteiger partial charge in [-0.25, -0.2) is 0 Å². The van der Waals surface area contributed by atoms with Crippen LogP contribution >= 0.6 is 15.9 Å². The summed E-state index contributed by atoms with van der Waals surface area (Å²) < 4.78 is 0.954. The van der Waals surface area contributed by atoms with Crippen LogP contribution in [0.25, 0.3) is 11.0 Å². The van der Waals surface area contributed by atoms with E-state index < -0.39 is 0 Å². The van der Waals surface area contributed by atoms with E-state index >= 15 is 0 Å². The average Bonchev–Trinajstić information content (AvgIpc) is 2.48. The van der Waals surface area contributed by atoms with E-state index in [1.165, 1.54) is 0 Å². The Morgan fingerprint density at radius 2 is 2.15 bits per heavy atom. The van der Waals surface area contributed by atoms with Gasteiger partial charge < -0.3 is 10.6 Å². The van der Waals surface area contributed by atoms with Gasteiger partial charge in [0.2, 0.25) is 0 Å². The highest BCUT2D eigenvalue weighted by Gasteiger charge is 2.09. The summed E-state index contributed by atoms with van der Waals surface area (Å²) in [5, 5.41) is 6.84. The van der Waals surface area contributed by atoms with Gasteiger partial charge in [-0.2, -0.15) is 0 Å². The lowest BCUT2D eigenvalue weighted by Gasteiger charge is -2.27. The highest BCUT2D eigenvalue weighted by Crippen LogP contribution is 2.21. The van der Waals surface area contributed by atoms with Gasteiger partial charge in [0.15, 0.2) is 0 Å². The molecule has 20 heavy (non-hydrogen) atoms. The van der Waals surface area contributed by atoms with Gasteiger partial charge in [0.1, 0.15) is 5.52 Å². The lowest BCUT2D eigenvalue weighted by Crippen LogP contribution is -2.45. The van der Waals surface area contributed by atoms with Crippen molar-refractivity contribution in [3.63, 3.8) is 0 Å². The largest absolute Gasteiger partial charge is 0.382 e. The lowest BCUT2D eigenvalue weighted by molar-refractivity contribution is 0.249. The van der Waals surface area contributed by atoms with Crippen molar-refractivity contribution in [2.75, 3.05) is 44.6 Å². The van der Waals surface area contributed by atoms with Gasteiger partial charge in [-0.05, 0) is 28.1 Å². The smallest absolute Gasteiger partial charge is 0.112 e. The number of hydrogen-bond acceptors (Lipinski definition) is 5. The van der Waals surface area contributed by atoms with Crippen molar-refractivity contribution in [1.82, 2.24) is 20.2 Å². The normalized spacial score (nSPS) is 16.4. The van der Waals surface area contributed by atoms with E-state index in [4.69, 9.17) is 0 Å². The molecule has 2 aromatic rings. The second-order valence-corrected chi connectivity index (χ2v) is 5.81. The molecule has 3 heterocycles. The average molecular weight is 336 g/mol. The third kappa shape index (κ3) is 3.26. The number of fused-ring (bicyclic) bond motifs is 1. The molecule has 6 heteroatoms. The molecule has 1 saturated heterocycles. The predicted molar refractivity (Wildman–Crippen MR) is 85.0 cm³/mol. The van der Waals surface area contributed by atoms with Gasteiger partial charge >= 0.3 is 0 Å². The van der Waals surface area contributed by atoms with Crippen molar-refractivity contribution < 1.29 is 0 Å². The van der Waals surface area contributed by atoms with Crippen LogP contribution in [0.1, 0.15) is 0 Å². The van der Waals surface area contributed by atoms with Crippen LogP contribution in [0, 0.1) is 0 Å². The third-order valence-electron chi connectivity index (χ3n) is 3.50. The molecule has 3 rings (SSSR count). The number of nitrogens with zero attached hydrogens (tertiary/aromatic N) is 3. The molecule has 0 spiro atoms. The topological polar surface area (TPSA) is 53.1 Å². The van der Waals surface area contributed by atoms with Gasteiger partial charge in [-0.15, -0.1) is 0 Å². The van der Waals surface area contributed by atoms with Crippen LogP contribution in [0.5, 0.6) is 0 Å². The maximum absolute atomic E-state index is 4.45. The minimum atomic E-state index is 0.909. The molecule has 0 unspecified atom stereocenters. The van der Waals surface area contributed by atoms with Gasteiger partial charge in [0.05, 0.1) is 11.2 Å². The van der Waals surface area contributed by atoms with Crippen LogP contribution in [0.2, 0.25) is 0 Å². The summed E-state index contributed by atoms with van der Waals surface area (Å²) in [7, 11) is 0. The Morgan fingerprint density at radius 3 is 3.00 bits per heavy atom. The first-order valence-electron chi connectivity index (χ1n) is 6.90. The zero-order valence-electron chi connectivity index (χ0n) is 11.3. The van der Waals surface area contributed by atoms with Crippen molar-refractivity contribution >= 4 is 32.7 Å². The summed E-state index contributed by atoms with van der Waals surface area (Å²) >= 11 is 3.43. The van der Waals surface area contributed by atoms with E-state index in [-0.39, 0.29) is 0 Å². The van der Waals surface area contributed by atoms with Crippen molar-refractivity contribution in [2.24, 2.45) is 0 Å². The molecular formula is C14H18BrN5. The van der Waals surface area contributed by atoms with E-state index in [1.807, 2.05) is 24.5 Å². The molecular weight excluding hydrogens is 318 g/mol. The fourth-order valence-electron chi connectivity index (χ4n) is 2.43. The first-order chi connectivity index (χ1) is 9.83. The first-order valence-corrected chi connectivity index (χ1v) is 7.69. The van der Waals surface area contributed by atoms with Crippen LogP contribution in [-0.2, 0) is 0 Å². The number of aromatic nitrogens is 2. The Bertz CT molecular complexity index is 583. The molecule has 0 aliphatic carbocycles. The van der Waals surface area contributed by atoms with E-state index in [9.17, 15) is 0 Å². The standard InChI is InChI=1S/C14H18BrN5/c15-11-9-13-14(19-10-11)12(1-2-17-13)18-5-8-20-6-3-16-4-7-20/h1-2,9-10,16H,3-8H2,(H,17,18). The Labute approximate surface area is 126 Å². The summed E-state index contributed by atoms with van der Waals surface area (Å²) in [6, 6.07) is 3.98. The number of anilines is 1. The molecule has 0 radical (unpaired) electrons. The van der Waals surface area contributed by atoms with Crippen molar-refractivity contribution in [3.8, 4) is 0 Å². The van der Waals surface area contributed by atoms with E-state index in [1.54, 1.807) is 0 Å². The van der Waals surface area contributed by atoms with Gasteiger partial charge in [-0.3, -0.25) is 14.9 Å². The first kappa shape index (κ1) is 13.7. The fraction of sp³-hybridized carbons (Fsp3) is 0.429. The molecule has 2 N–H and O–H groups in total. The summed E-state index contributed by atoms with van der Waals surface area (Å²) in [4.78, 5) is 11.3. The van der Waals surface area contributed by atoms with Gasteiger partial charge in [-0.1, -0.05) is 0 Å². The zero-order chi connectivity index (χ0) is 13.8. The number of halogens is 1. The van der Waals surface area contributed by atoms with E-state index in [0.29, 0.717) is 0 Å². The monoisotopic (exact) mass is 335 g/mol. The molecule has 0 bridgehead atoms. The minimum absolute atomic E-state index is 0.909. The molecule has 1 aliphatic heterocycles. The maximum atomic E-state index is 4.45. The van der Waals surface area contributed by atoms with Gasteiger partial charge in [0.25, 0.3) is 0 Å². The van der Waals surface area contributed by atoms with E-state index in [2.05, 4.69) is 41.4 Å². The molecule has 106 valence electrons. The van der Waals surface area contributed by atoms with Crippen molar-refractivity contribution in [1.29, 1.82) is 0 Å². The van der Waals surface area contributed by atoms with Crippen LogP contribution in [0.15, 0.2) is 29.0 Å². The maximum Gasteiger partial charge on any atom is 0.112 e. The molecule has 0 saturated carbocycles. The number of rotatable bonds is 4. The molecule has 2 aromatic heterocycles. The number of pyridine rings is 2. The summed E-state index contributed by atoms with van der Waals surface area (Å²) in [5.41, 5.74) is 2.89. The second kappa shape index (κ2) is 6.47. The highest BCUT2D eigenvalue weighted by molar-refractivity contribution is 9.10. The lowest BCUT2D eigenvalue weighted by atomic mass is 10.3. The SMILES string of the molecule is Brc1cnc2c(NCCN3CCNCC3)ccnc2c1. The Balaban J connectivity index is 1.65. The fourth-order valence-corrected chi connectivity index (χ4v) is 2.75. The molecule has 0 aromatic carbocycles. The van der Waals surface area contributed by atoms with Crippen molar-refractivity contribution in [2.45, 2.75) is 0 Å². The summed E-state index contributed by atoms with van der Waals surface area (Å²) in [6.45, 7) is 6.42. The summed E-state index contributed by atoms with van der Waals surface area (Å²) in [6.07, 6.45) is 3.63. The van der Waals surface area contributed by atoms with Crippen LogP contribution in [0.3, 0.4) is 0 Å². The van der Waals surface area contributed by atoms with Crippen molar-refractivity contribution in [3.05, 3.63) is 29.0 Å². The Morgan fingerprint density at radius 1 is 1.30 bits per heavy atom. The third-order valence-corrected chi connectivity index (χ3v) is 3.93. The van der Waals surface area contributed by atoms with Crippen LogP contribution in [-0.4, -0.2) is 54.1 Å². The second-order valence-electron chi connectivity index (χ2n) is 4.90. The zero-order valence-corrected chi connectivity index (χ0v) is 12.9. The number of nitrogens with one attached hydrogen (secondary N) is 2. The summed E-state index contributed by atoms with van der Waals surface area (Å²) in [5.74, 6) is 0. The quantitative estimate of drug-likeness (QED) is 0.890. The van der Waals surface area contributed by atoms with Gasteiger partial charge in [0, 0.05) is 56.1 Å².